The van der Waals surface area contributed by atoms with Crippen LogP contribution in [0.1, 0.15) is 54.0 Å². The lowest BCUT2D eigenvalue weighted by molar-refractivity contribution is 0.0898. The van der Waals surface area contributed by atoms with Crippen molar-refractivity contribution in [3.63, 3.8) is 0 Å². The number of thioether (sulfide) groups is 1. The Bertz CT molecular complexity index is 680. The molecule has 0 spiro atoms. The molecule has 24 heavy (non-hydrogen) atoms. The third-order valence-electron chi connectivity index (χ3n) is 4.23. The molecule has 1 saturated carbocycles. The van der Waals surface area contributed by atoms with Crippen LogP contribution in [0.25, 0.3) is 0 Å². The van der Waals surface area contributed by atoms with Gasteiger partial charge in [0.15, 0.2) is 5.76 Å². The molecular weight excluding hydrogens is 342 g/mol. The molecule has 1 N–H and O–H groups in total. The summed E-state index contributed by atoms with van der Waals surface area (Å²) in [7, 11) is 0. The Balaban J connectivity index is 1.47. The van der Waals surface area contributed by atoms with Gasteiger partial charge in [-0.25, -0.2) is 0 Å². The molecule has 0 atom stereocenters. The van der Waals surface area contributed by atoms with Gasteiger partial charge in [-0.15, -0.1) is 11.8 Å². The zero-order valence-electron chi connectivity index (χ0n) is 13.6. The van der Waals surface area contributed by atoms with Gasteiger partial charge >= 0.3 is 0 Å². The molecule has 5 heteroatoms. The summed E-state index contributed by atoms with van der Waals surface area (Å²) in [6.07, 6.45) is 5.84. The molecule has 1 aromatic heterocycles. The first-order valence-electron chi connectivity index (χ1n) is 8.42. The fourth-order valence-electron chi connectivity index (χ4n) is 2.98. The monoisotopic (exact) mass is 363 g/mol. The lowest BCUT2D eigenvalue weighted by Crippen LogP contribution is -2.35. The van der Waals surface area contributed by atoms with E-state index in [1.807, 2.05) is 24.3 Å². The maximum Gasteiger partial charge on any atom is 0.287 e. The van der Waals surface area contributed by atoms with Gasteiger partial charge in [0, 0.05) is 16.8 Å². The third kappa shape index (κ3) is 5.05. The number of benzene rings is 1. The van der Waals surface area contributed by atoms with Crippen molar-refractivity contribution >= 4 is 29.3 Å². The minimum Gasteiger partial charge on any atom is -0.455 e. The van der Waals surface area contributed by atoms with Crippen molar-refractivity contribution in [2.24, 2.45) is 0 Å². The van der Waals surface area contributed by atoms with Crippen LogP contribution in [0.4, 0.5) is 0 Å². The Hall–Kier alpha value is -1.39. The summed E-state index contributed by atoms with van der Waals surface area (Å²) in [5.74, 6) is 2.76. The number of nitrogens with one attached hydrogen (secondary N) is 1. The maximum absolute atomic E-state index is 12.2. The van der Waals surface area contributed by atoms with E-state index < -0.39 is 0 Å². The van der Waals surface area contributed by atoms with Crippen LogP contribution >= 0.6 is 23.4 Å². The van der Waals surface area contributed by atoms with Crippen LogP contribution in [-0.2, 0) is 11.5 Å². The molecule has 1 heterocycles. The van der Waals surface area contributed by atoms with Gasteiger partial charge in [-0.3, -0.25) is 4.79 Å². The first kappa shape index (κ1) is 17.4. The Morgan fingerprint density at radius 1 is 1.17 bits per heavy atom. The molecule has 1 amide bonds. The van der Waals surface area contributed by atoms with E-state index in [-0.39, 0.29) is 5.91 Å². The van der Waals surface area contributed by atoms with Crippen molar-refractivity contribution in [1.29, 1.82) is 0 Å². The van der Waals surface area contributed by atoms with Gasteiger partial charge < -0.3 is 9.73 Å². The SMILES string of the molecule is O=C(NC1CCCCC1)c1ccc(CSCc2cccc(Cl)c2)o1. The van der Waals surface area contributed by atoms with Crippen LogP contribution < -0.4 is 5.32 Å². The number of rotatable bonds is 6. The minimum atomic E-state index is -0.0898. The molecule has 1 fully saturated rings. The second-order valence-electron chi connectivity index (χ2n) is 6.20. The van der Waals surface area contributed by atoms with Crippen LogP contribution in [0.15, 0.2) is 40.8 Å². The highest BCUT2D eigenvalue weighted by Gasteiger charge is 2.18. The third-order valence-corrected chi connectivity index (χ3v) is 5.49. The van der Waals surface area contributed by atoms with Crippen LogP contribution in [0.2, 0.25) is 5.02 Å². The highest BCUT2D eigenvalue weighted by atomic mass is 35.5. The molecule has 0 unspecified atom stereocenters. The van der Waals surface area contributed by atoms with E-state index in [0.717, 1.165) is 35.1 Å². The van der Waals surface area contributed by atoms with Gasteiger partial charge in [0.25, 0.3) is 5.91 Å². The van der Waals surface area contributed by atoms with E-state index in [1.165, 1.54) is 24.8 Å². The summed E-state index contributed by atoms with van der Waals surface area (Å²) in [5.41, 5.74) is 1.19. The highest BCUT2D eigenvalue weighted by Crippen LogP contribution is 2.22. The summed E-state index contributed by atoms with van der Waals surface area (Å²) in [6, 6.07) is 11.8. The molecule has 128 valence electrons. The summed E-state index contributed by atoms with van der Waals surface area (Å²) >= 11 is 7.73. The van der Waals surface area contributed by atoms with Crippen LogP contribution in [-0.4, -0.2) is 11.9 Å². The first-order valence-corrected chi connectivity index (χ1v) is 9.96. The minimum absolute atomic E-state index is 0.0898. The zero-order valence-corrected chi connectivity index (χ0v) is 15.2. The van der Waals surface area contributed by atoms with Crippen LogP contribution in [0.5, 0.6) is 0 Å². The van der Waals surface area contributed by atoms with Gasteiger partial charge in [-0.1, -0.05) is 43.0 Å². The van der Waals surface area contributed by atoms with Crippen molar-refractivity contribution in [2.45, 2.75) is 49.7 Å². The molecule has 0 bridgehead atoms. The Morgan fingerprint density at radius 3 is 2.79 bits per heavy atom. The molecule has 1 aliphatic rings. The van der Waals surface area contributed by atoms with E-state index in [2.05, 4.69) is 11.4 Å². The number of carbonyl (C=O) groups excluding carboxylic acids is 1. The number of hydrogen-bond acceptors (Lipinski definition) is 3. The molecule has 1 aliphatic carbocycles. The van der Waals surface area contributed by atoms with Crippen molar-refractivity contribution in [3.05, 3.63) is 58.5 Å². The molecule has 3 rings (SSSR count). The van der Waals surface area contributed by atoms with Crippen molar-refractivity contribution < 1.29 is 9.21 Å². The standard InChI is InChI=1S/C19H22ClNO2S/c20-15-6-4-5-14(11-15)12-24-13-17-9-10-18(23-17)19(22)21-16-7-2-1-3-8-16/h4-6,9-11,16H,1-3,7-8,12-13H2,(H,21,22). The predicted molar refractivity (Wildman–Crippen MR) is 99.5 cm³/mol. The number of amides is 1. The Kier molecular flexibility index (Phi) is 6.27. The van der Waals surface area contributed by atoms with Gasteiger partial charge in [-0.05, 0) is 42.7 Å². The topological polar surface area (TPSA) is 42.2 Å². The average Bonchev–Trinajstić information content (AvgIpc) is 3.05. The molecule has 1 aromatic carbocycles. The van der Waals surface area contributed by atoms with E-state index in [0.29, 0.717) is 11.8 Å². The van der Waals surface area contributed by atoms with Crippen molar-refractivity contribution in [3.8, 4) is 0 Å². The second kappa shape index (κ2) is 8.63. The van der Waals surface area contributed by atoms with Gasteiger partial charge in [0.05, 0.1) is 5.75 Å². The maximum atomic E-state index is 12.2. The zero-order chi connectivity index (χ0) is 16.8. The molecule has 3 nitrogen and oxygen atoms in total. The Labute approximate surface area is 152 Å². The van der Waals surface area contributed by atoms with E-state index in [4.69, 9.17) is 16.0 Å². The predicted octanol–water partition coefficient (Wildman–Crippen LogP) is 5.43. The molecule has 0 radical (unpaired) electrons. The number of hydrogen-bond donors (Lipinski definition) is 1. The molecule has 0 saturated heterocycles. The fourth-order valence-corrected chi connectivity index (χ4v) is 4.06. The first-order chi connectivity index (χ1) is 11.7. The molecule has 2 aromatic rings. The van der Waals surface area contributed by atoms with Crippen LogP contribution in [0, 0.1) is 0 Å². The summed E-state index contributed by atoms with van der Waals surface area (Å²) in [5, 5.41) is 3.84. The van der Waals surface area contributed by atoms with E-state index >= 15 is 0 Å². The van der Waals surface area contributed by atoms with Gasteiger partial charge in [0.2, 0.25) is 0 Å². The largest absolute Gasteiger partial charge is 0.455 e. The smallest absolute Gasteiger partial charge is 0.287 e. The van der Waals surface area contributed by atoms with Crippen LogP contribution in [0.3, 0.4) is 0 Å². The average molecular weight is 364 g/mol. The van der Waals surface area contributed by atoms with Crippen molar-refractivity contribution in [2.75, 3.05) is 0 Å². The van der Waals surface area contributed by atoms with Crippen molar-refractivity contribution in [1.82, 2.24) is 5.32 Å². The summed E-state index contributed by atoms with van der Waals surface area (Å²) in [4.78, 5) is 12.2. The lowest BCUT2D eigenvalue weighted by Gasteiger charge is -2.22. The van der Waals surface area contributed by atoms with Gasteiger partial charge in [0.1, 0.15) is 5.76 Å². The quantitative estimate of drug-likeness (QED) is 0.744. The second-order valence-corrected chi connectivity index (χ2v) is 7.62. The van der Waals surface area contributed by atoms with E-state index in [9.17, 15) is 4.79 Å². The van der Waals surface area contributed by atoms with Gasteiger partial charge in [-0.2, -0.15) is 0 Å². The number of carbonyl (C=O) groups is 1. The highest BCUT2D eigenvalue weighted by molar-refractivity contribution is 7.97. The fraction of sp³-hybridized carbons (Fsp3) is 0.421. The lowest BCUT2D eigenvalue weighted by atomic mass is 9.95. The summed E-state index contributed by atoms with van der Waals surface area (Å²) < 4.78 is 5.69. The number of halogens is 1. The Morgan fingerprint density at radius 2 is 2.00 bits per heavy atom. The molecule has 0 aliphatic heterocycles. The number of furan rings is 1. The molecular formula is C19H22ClNO2S. The normalized spacial score (nSPS) is 15.4. The van der Waals surface area contributed by atoms with E-state index in [1.54, 1.807) is 17.8 Å². The summed E-state index contributed by atoms with van der Waals surface area (Å²) in [6.45, 7) is 0.